The van der Waals surface area contributed by atoms with Crippen LogP contribution < -0.4 is 5.69 Å². The van der Waals surface area contributed by atoms with E-state index in [0.717, 1.165) is 5.69 Å². The second-order valence-corrected chi connectivity index (χ2v) is 5.38. The summed E-state index contributed by atoms with van der Waals surface area (Å²) in [6.07, 6.45) is 3.46. The van der Waals surface area contributed by atoms with Crippen molar-refractivity contribution >= 4 is 5.97 Å². The highest BCUT2D eigenvalue weighted by Gasteiger charge is 2.13. The lowest BCUT2D eigenvalue weighted by atomic mass is 10.1. The Morgan fingerprint density at radius 2 is 1.91 bits per heavy atom. The van der Waals surface area contributed by atoms with Gasteiger partial charge in [0.2, 0.25) is 0 Å². The number of aromatic nitrogens is 3. The largest absolute Gasteiger partial charge is 0.476 e. The Bertz CT molecular complexity index is 900. The molecular formula is C16H15N3O4. The maximum atomic E-state index is 12.3. The maximum absolute atomic E-state index is 12.3. The molecule has 0 amide bonds. The van der Waals surface area contributed by atoms with Crippen molar-refractivity contribution in [1.82, 2.24) is 14.3 Å². The highest BCUT2D eigenvalue weighted by molar-refractivity contribution is 5.86. The molecule has 118 valence electrons. The van der Waals surface area contributed by atoms with Crippen molar-refractivity contribution in [3.63, 3.8) is 0 Å². The maximum Gasteiger partial charge on any atom is 0.358 e. The first-order valence-corrected chi connectivity index (χ1v) is 7.07. The Labute approximate surface area is 131 Å². The molecule has 7 nitrogen and oxygen atoms in total. The minimum absolute atomic E-state index is 0.0895. The standard InChI is InChI=1S/C16H15N3O4/c1-10(2)18-7-8-19(16(18)22)12-5-3-11(4-6-12)14-9-13(15(20)21)17-23-14/h3-10H,1-2H3,(H,20,21). The Hall–Kier alpha value is -3.09. The van der Waals surface area contributed by atoms with Crippen molar-refractivity contribution in [3.8, 4) is 17.0 Å². The second kappa shape index (κ2) is 5.60. The van der Waals surface area contributed by atoms with Crippen molar-refractivity contribution in [2.75, 3.05) is 0 Å². The van der Waals surface area contributed by atoms with E-state index in [1.165, 1.54) is 6.07 Å². The lowest BCUT2D eigenvalue weighted by molar-refractivity contribution is 0.0686. The summed E-state index contributed by atoms with van der Waals surface area (Å²) < 4.78 is 8.20. The van der Waals surface area contributed by atoms with Gasteiger partial charge < -0.3 is 9.63 Å². The van der Waals surface area contributed by atoms with Crippen LogP contribution in [0.3, 0.4) is 0 Å². The lowest BCUT2D eigenvalue weighted by Gasteiger charge is -2.05. The molecule has 3 aromatic rings. The SMILES string of the molecule is CC(C)n1ccn(-c2ccc(-c3cc(C(=O)O)no3)cc2)c1=O. The highest BCUT2D eigenvalue weighted by Crippen LogP contribution is 2.21. The summed E-state index contributed by atoms with van der Waals surface area (Å²) in [5, 5.41) is 12.3. The molecule has 2 heterocycles. The fraction of sp³-hybridized carbons (Fsp3) is 0.188. The third-order valence-electron chi connectivity index (χ3n) is 3.52. The van der Waals surface area contributed by atoms with Gasteiger partial charge in [-0.25, -0.2) is 9.59 Å². The van der Waals surface area contributed by atoms with Crippen LogP contribution in [0.2, 0.25) is 0 Å². The summed E-state index contributed by atoms with van der Waals surface area (Å²) in [5.41, 5.74) is 1.15. The smallest absolute Gasteiger partial charge is 0.358 e. The van der Waals surface area contributed by atoms with Crippen molar-refractivity contribution in [1.29, 1.82) is 0 Å². The van der Waals surface area contributed by atoms with E-state index in [2.05, 4.69) is 5.16 Å². The first-order valence-electron chi connectivity index (χ1n) is 7.07. The van der Waals surface area contributed by atoms with Gasteiger partial charge in [-0.05, 0) is 38.1 Å². The monoisotopic (exact) mass is 313 g/mol. The van der Waals surface area contributed by atoms with Gasteiger partial charge in [0.15, 0.2) is 11.5 Å². The quantitative estimate of drug-likeness (QED) is 0.799. The van der Waals surface area contributed by atoms with Crippen LogP contribution in [0.1, 0.15) is 30.4 Å². The van der Waals surface area contributed by atoms with E-state index < -0.39 is 5.97 Å². The summed E-state index contributed by atoms with van der Waals surface area (Å²) in [4.78, 5) is 23.1. The van der Waals surface area contributed by atoms with E-state index in [1.54, 1.807) is 45.8 Å². The zero-order valence-electron chi connectivity index (χ0n) is 12.6. The van der Waals surface area contributed by atoms with Crippen LogP contribution in [0.15, 0.2) is 52.0 Å². The molecule has 0 fully saturated rings. The summed E-state index contributed by atoms with van der Waals surface area (Å²) in [5.74, 6) is -0.778. The molecule has 2 aromatic heterocycles. The van der Waals surface area contributed by atoms with Crippen molar-refractivity contribution in [2.45, 2.75) is 19.9 Å². The fourth-order valence-corrected chi connectivity index (χ4v) is 2.28. The van der Waals surface area contributed by atoms with E-state index in [-0.39, 0.29) is 17.4 Å². The average molecular weight is 313 g/mol. The van der Waals surface area contributed by atoms with E-state index >= 15 is 0 Å². The van der Waals surface area contributed by atoms with Gasteiger partial charge in [0.25, 0.3) is 0 Å². The fourth-order valence-electron chi connectivity index (χ4n) is 2.28. The van der Waals surface area contributed by atoms with Gasteiger partial charge in [0, 0.05) is 30.1 Å². The molecule has 1 aromatic carbocycles. The van der Waals surface area contributed by atoms with Gasteiger partial charge >= 0.3 is 11.7 Å². The first-order chi connectivity index (χ1) is 11.0. The number of rotatable bonds is 4. The van der Waals surface area contributed by atoms with E-state index in [9.17, 15) is 9.59 Å². The van der Waals surface area contributed by atoms with E-state index in [4.69, 9.17) is 9.63 Å². The van der Waals surface area contributed by atoms with Gasteiger partial charge in [-0.3, -0.25) is 9.13 Å². The van der Waals surface area contributed by atoms with Crippen LogP contribution in [0.4, 0.5) is 0 Å². The number of benzene rings is 1. The van der Waals surface area contributed by atoms with Crippen LogP contribution in [-0.4, -0.2) is 25.4 Å². The third kappa shape index (κ3) is 2.68. The Morgan fingerprint density at radius 1 is 1.22 bits per heavy atom. The zero-order valence-corrected chi connectivity index (χ0v) is 12.6. The number of aromatic carboxylic acids is 1. The normalized spacial score (nSPS) is 11.1. The predicted octanol–water partition coefficient (Wildman–Crippen LogP) is 2.57. The molecule has 1 N–H and O–H groups in total. The number of carboxylic acids is 1. The number of carbonyl (C=O) groups is 1. The van der Waals surface area contributed by atoms with Gasteiger partial charge in [0.05, 0.1) is 5.69 Å². The van der Waals surface area contributed by atoms with Gasteiger partial charge in [0.1, 0.15) is 0 Å². The van der Waals surface area contributed by atoms with E-state index in [0.29, 0.717) is 11.3 Å². The van der Waals surface area contributed by atoms with Crippen LogP contribution in [-0.2, 0) is 0 Å². The van der Waals surface area contributed by atoms with Gasteiger partial charge in [-0.1, -0.05) is 5.16 Å². The molecule has 7 heteroatoms. The molecule has 0 unspecified atom stereocenters. The third-order valence-corrected chi connectivity index (χ3v) is 3.52. The Morgan fingerprint density at radius 3 is 2.43 bits per heavy atom. The van der Waals surface area contributed by atoms with Crippen molar-refractivity contribution in [2.24, 2.45) is 0 Å². The van der Waals surface area contributed by atoms with Crippen LogP contribution in [0.5, 0.6) is 0 Å². The topological polar surface area (TPSA) is 90.3 Å². The van der Waals surface area contributed by atoms with Crippen LogP contribution in [0.25, 0.3) is 17.0 Å². The van der Waals surface area contributed by atoms with E-state index in [1.807, 2.05) is 13.8 Å². The molecule has 23 heavy (non-hydrogen) atoms. The van der Waals surface area contributed by atoms with Crippen LogP contribution in [0, 0.1) is 0 Å². The summed E-state index contributed by atoms with van der Waals surface area (Å²) in [7, 11) is 0. The number of nitrogens with zero attached hydrogens (tertiary/aromatic N) is 3. The number of imidazole rings is 1. The lowest BCUT2D eigenvalue weighted by Crippen LogP contribution is -2.24. The Balaban J connectivity index is 1.93. The van der Waals surface area contributed by atoms with Crippen LogP contribution >= 0.6 is 0 Å². The molecule has 0 aliphatic carbocycles. The van der Waals surface area contributed by atoms with Crippen molar-refractivity contribution in [3.05, 3.63) is 58.9 Å². The molecule has 0 atom stereocenters. The van der Waals surface area contributed by atoms with Gasteiger partial charge in [-0.2, -0.15) is 0 Å². The summed E-state index contributed by atoms with van der Waals surface area (Å²) in [6.45, 7) is 3.89. The van der Waals surface area contributed by atoms with Gasteiger partial charge in [-0.15, -0.1) is 0 Å². The molecule has 0 spiro atoms. The molecule has 0 saturated heterocycles. The molecular weight excluding hydrogens is 298 g/mol. The first kappa shape index (κ1) is 14.8. The Kier molecular flexibility index (Phi) is 3.61. The summed E-state index contributed by atoms with van der Waals surface area (Å²) in [6, 6.07) is 8.49. The predicted molar refractivity (Wildman–Crippen MR) is 82.9 cm³/mol. The number of hydrogen-bond acceptors (Lipinski definition) is 4. The highest BCUT2D eigenvalue weighted by atomic mass is 16.5. The zero-order chi connectivity index (χ0) is 16.6. The molecule has 0 bridgehead atoms. The van der Waals surface area contributed by atoms with Crippen molar-refractivity contribution < 1.29 is 14.4 Å². The second-order valence-electron chi connectivity index (χ2n) is 5.38. The molecule has 0 aliphatic heterocycles. The minimum Gasteiger partial charge on any atom is -0.476 e. The number of hydrogen-bond donors (Lipinski definition) is 1. The summed E-state index contributed by atoms with van der Waals surface area (Å²) >= 11 is 0. The average Bonchev–Trinajstić information content (AvgIpc) is 3.14. The minimum atomic E-state index is -1.14. The molecule has 0 radical (unpaired) electrons. The molecule has 3 rings (SSSR count). The molecule has 0 saturated carbocycles. The molecule has 0 aliphatic rings. The number of carboxylic acid groups (broad SMARTS) is 1.